The van der Waals surface area contributed by atoms with Crippen molar-refractivity contribution >= 4 is 11.5 Å². The minimum absolute atomic E-state index is 0.0538. The van der Waals surface area contributed by atoms with E-state index in [4.69, 9.17) is 4.74 Å². The fourth-order valence-electron chi connectivity index (χ4n) is 1.72. The maximum Gasteiger partial charge on any atom is 0.187 e. The van der Waals surface area contributed by atoms with Crippen LogP contribution < -0.4 is 10.1 Å². The molecular formula is C17H16FNO2. The second-order valence-electron chi connectivity index (χ2n) is 4.27. The van der Waals surface area contributed by atoms with Gasteiger partial charge in [-0.1, -0.05) is 30.3 Å². The van der Waals surface area contributed by atoms with Gasteiger partial charge in [0.15, 0.2) is 5.78 Å². The Bertz CT molecular complexity index is 594. The molecule has 108 valence electrons. The van der Waals surface area contributed by atoms with Crippen molar-refractivity contribution in [1.29, 1.82) is 0 Å². The van der Waals surface area contributed by atoms with Gasteiger partial charge in [-0.15, -0.1) is 0 Å². The van der Waals surface area contributed by atoms with Gasteiger partial charge in [0.1, 0.15) is 19.0 Å². The van der Waals surface area contributed by atoms with Gasteiger partial charge in [0.2, 0.25) is 0 Å². The van der Waals surface area contributed by atoms with Crippen LogP contribution in [0.2, 0.25) is 0 Å². The van der Waals surface area contributed by atoms with Crippen molar-refractivity contribution in [3.05, 3.63) is 72.4 Å². The van der Waals surface area contributed by atoms with Gasteiger partial charge in [-0.05, 0) is 24.3 Å². The molecule has 0 aliphatic heterocycles. The molecule has 0 bridgehead atoms. The third kappa shape index (κ3) is 4.76. The standard InChI is InChI=1S/C17H16FNO2/c18-11-13-21-16-8-6-15(7-9-16)19-12-10-17(20)14-4-2-1-3-5-14/h1-10,12,19H,11,13H2. The summed E-state index contributed by atoms with van der Waals surface area (Å²) in [6.07, 6.45) is 3.07. The largest absolute Gasteiger partial charge is 0.491 e. The van der Waals surface area contributed by atoms with Gasteiger partial charge in [-0.25, -0.2) is 4.39 Å². The highest BCUT2D eigenvalue weighted by atomic mass is 19.1. The molecule has 1 N–H and O–H groups in total. The van der Waals surface area contributed by atoms with E-state index in [-0.39, 0.29) is 12.4 Å². The summed E-state index contributed by atoms with van der Waals surface area (Å²) in [7, 11) is 0. The summed E-state index contributed by atoms with van der Waals surface area (Å²) in [4.78, 5) is 11.8. The van der Waals surface area contributed by atoms with E-state index in [2.05, 4.69) is 5.32 Å². The van der Waals surface area contributed by atoms with Gasteiger partial charge >= 0.3 is 0 Å². The number of halogens is 1. The summed E-state index contributed by atoms with van der Waals surface area (Å²) in [6, 6.07) is 16.1. The van der Waals surface area contributed by atoms with Crippen LogP contribution in [0.25, 0.3) is 0 Å². The van der Waals surface area contributed by atoms with Crippen LogP contribution in [0.5, 0.6) is 5.75 Å². The third-order valence-corrected chi connectivity index (χ3v) is 2.74. The van der Waals surface area contributed by atoms with Gasteiger partial charge in [0, 0.05) is 23.5 Å². The van der Waals surface area contributed by atoms with Crippen molar-refractivity contribution < 1.29 is 13.9 Å². The minimum atomic E-state index is -0.510. The summed E-state index contributed by atoms with van der Waals surface area (Å²) in [5.41, 5.74) is 1.46. The van der Waals surface area contributed by atoms with Crippen LogP contribution in [0.1, 0.15) is 10.4 Å². The van der Waals surface area contributed by atoms with Gasteiger partial charge < -0.3 is 10.1 Å². The lowest BCUT2D eigenvalue weighted by Gasteiger charge is -2.05. The molecule has 2 aromatic rings. The predicted octanol–water partition coefficient (Wildman–Crippen LogP) is 3.84. The van der Waals surface area contributed by atoms with Crippen molar-refractivity contribution in [1.82, 2.24) is 0 Å². The summed E-state index contributed by atoms with van der Waals surface area (Å²) in [5.74, 6) is 0.550. The van der Waals surface area contributed by atoms with Gasteiger partial charge in [0.05, 0.1) is 0 Å². The Morgan fingerprint density at radius 2 is 1.81 bits per heavy atom. The van der Waals surface area contributed by atoms with E-state index in [0.717, 1.165) is 5.69 Å². The first-order chi connectivity index (χ1) is 10.3. The molecule has 21 heavy (non-hydrogen) atoms. The number of benzene rings is 2. The number of carbonyl (C=O) groups is 1. The first-order valence-electron chi connectivity index (χ1n) is 6.61. The number of ketones is 1. The molecular weight excluding hydrogens is 269 g/mol. The van der Waals surface area contributed by atoms with E-state index in [9.17, 15) is 9.18 Å². The summed E-state index contributed by atoms with van der Waals surface area (Å²) < 4.78 is 17.1. The summed E-state index contributed by atoms with van der Waals surface area (Å²) in [5, 5.41) is 3.00. The smallest absolute Gasteiger partial charge is 0.187 e. The Morgan fingerprint density at radius 3 is 2.48 bits per heavy atom. The molecule has 0 aliphatic carbocycles. The molecule has 0 amide bonds. The van der Waals surface area contributed by atoms with Crippen LogP contribution >= 0.6 is 0 Å². The second-order valence-corrected chi connectivity index (χ2v) is 4.27. The molecule has 0 fully saturated rings. The molecule has 0 radical (unpaired) electrons. The Hall–Kier alpha value is -2.62. The molecule has 0 saturated heterocycles. The van der Waals surface area contributed by atoms with Crippen molar-refractivity contribution in [2.45, 2.75) is 0 Å². The first-order valence-corrected chi connectivity index (χ1v) is 6.61. The highest BCUT2D eigenvalue weighted by Gasteiger charge is 1.99. The van der Waals surface area contributed by atoms with Crippen LogP contribution in [0.3, 0.4) is 0 Å². The van der Waals surface area contributed by atoms with E-state index in [1.165, 1.54) is 6.08 Å². The molecule has 0 spiro atoms. The number of hydrogen-bond acceptors (Lipinski definition) is 3. The topological polar surface area (TPSA) is 38.3 Å². The Balaban J connectivity index is 1.88. The number of alkyl halides is 1. The van der Waals surface area contributed by atoms with Gasteiger partial charge in [0.25, 0.3) is 0 Å². The molecule has 2 aromatic carbocycles. The van der Waals surface area contributed by atoms with Crippen LogP contribution in [0, 0.1) is 0 Å². The fraction of sp³-hybridized carbons (Fsp3) is 0.118. The third-order valence-electron chi connectivity index (χ3n) is 2.74. The highest BCUT2D eigenvalue weighted by molar-refractivity contribution is 6.04. The van der Waals surface area contributed by atoms with Crippen molar-refractivity contribution in [2.24, 2.45) is 0 Å². The zero-order valence-corrected chi connectivity index (χ0v) is 11.5. The van der Waals surface area contributed by atoms with Crippen molar-refractivity contribution in [3.63, 3.8) is 0 Å². The molecule has 0 heterocycles. The SMILES string of the molecule is O=C(C=CNc1ccc(OCCF)cc1)c1ccccc1. The lowest BCUT2D eigenvalue weighted by Crippen LogP contribution is -1.98. The van der Waals surface area contributed by atoms with E-state index < -0.39 is 6.67 Å². The van der Waals surface area contributed by atoms with Crippen molar-refractivity contribution in [3.8, 4) is 5.75 Å². The molecule has 0 atom stereocenters. The minimum Gasteiger partial charge on any atom is -0.491 e. The number of allylic oxidation sites excluding steroid dienone is 1. The highest BCUT2D eigenvalue weighted by Crippen LogP contribution is 2.15. The van der Waals surface area contributed by atoms with Gasteiger partial charge in [-0.2, -0.15) is 0 Å². The number of ether oxygens (including phenoxy) is 1. The average molecular weight is 285 g/mol. The molecule has 0 unspecified atom stereocenters. The molecule has 0 aliphatic rings. The number of hydrogen-bond donors (Lipinski definition) is 1. The maximum atomic E-state index is 12.0. The fourth-order valence-corrected chi connectivity index (χ4v) is 1.72. The van der Waals surface area contributed by atoms with E-state index in [1.54, 1.807) is 42.6 Å². The van der Waals surface area contributed by atoms with Crippen LogP contribution in [-0.2, 0) is 0 Å². The summed E-state index contributed by atoms with van der Waals surface area (Å²) in [6.45, 7) is -0.456. The Labute approximate surface area is 123 Å². The normalized spacial score (nSPS) is 10.5. The monoisotopic (exact) mass is 285 g/mol. The lowest BCUT2D eigenvalue weighted by molar-refractivity contribution is 0.104. The average Bonchev–Trinajstić information content (AvgIpc) is 2.55. The van der Waals surface area contributed by atoms with Gasteiger partial charge in [-0.3, -0.25) is 4.79 Å². The number of anilines is 1. The van der Waals surface area contributed by atoms with Crippen LogP contribution in [0.15, 0.2) is 66.9 Å². The second kappa shape index (κ2) is 7.85. The summed E-state index contributed by atoms with van der Waals surface area (Å²) >= 11 is 0. The van der Waals surface area contributed by atoms with E-state index in [1.807, 2.05) is 18.2 Å². The predicted molar refractivity (Wildman–Crippen MR) is 81.4 cm³/mol. The number of nitrogens with one attached hydrogen (secondary N) is 1. The zero-order valence-electron chi connectivity index (χ0n) is 11.5. The molecule has 4 heteroatoms. The zero-order chi connectivity index (χ0) is 14.9. The molecule has 0 aromatic heterocycles. The number of rotatable bonds is 7. The Kier molecular flexibility index (Phi) is 5.52. The number of carbonyl (C=O) groups excluding carboxylic acids is 1. The maximum absolute atomic E-state index is 12.0. The molecule has 3 nitrogen and oxygen atoms in total. The van der Waals surface area contributed by atoms with E-state index in [0.29, 0.717) is 11.3 Å². The molecule has 0 saturated carbocycles. The lowest BCUT2D eigenvalue weighted by atomic mass is 10.1. The Morgan fingerprint density at radius 1 is 1.10 bits per heavy atom. The quantitative estimate of drug-likeness (QED) is 0.620. The van der Waals surface area contributed by atoms with Crippen LogP contribution in [-0.4, -0.2) is 19.1 Å². The van der Waals surface area contributed by atoms with Crippen LogP contribution in [0.4, 0.5) is 10.1 Å². The van der Waals surface area contributed by atoms with Crippen molar-refractivity contribution in [2.75, 3.05) is 18.6 Å². The first kappa shape index (κ1) is 14.8. The molecule has 2 rings (SSSR count). The van der Waals surface area contributed by atoms with E-state index >= 15 is 0 Å².